The number of nitrogens with zero attached hydrogens (tertiary/aromatic N) is 5. The second-order valence-corrected chi connectivity index (χ2v) is 7.63. The minimum atomic E-state index is -0.502. The molecule has 0 atom stereocenters. The number of thiazole rings is 1. The van der Waals surface area contributed by atoms with E-state index < -0.39 is 5.82 Å². The van der Waals surface area contributed by atoms with Crippen LogP contribution in [0.3, 0.4) is 0 Å². The molecule has 0 radical (unpaired) electrons. The first-order valence-corrected chi connectivity index (χ1v) is 9.71. The van der Waals surface area contributed by atoms with Gasteiger partial charge >= 0.3 is 0 Å². The average molecular weight is 429 g/mol. The molecule has 1 amide bonds. The van der Waals surface area contributed by atoms with Gasteiger partial charge < -0.3 is 5.32 Å². The molecule has 0 bridgehead atoms. The zero-order chi connectivity index (χ0) is 20.5. The Hall–Kier alpha value is -3.17. The van der Waals surface area contributed by atoms with Crippen LogP contribution < -0.4 is 5.32 Å². The molecule has 7 nitrogen and oxygen atoms in total. The van der Waals surface area contributed by atoms with Crippen LogP contribution in [0.15, 0.2) is 42.5 Å². The predicted octanol–water partition coefficient (Wildman–Crippen LogP) is 4.45. The number of nitrogens with one attached hydrogen (secondary N) is 1. The molecule has 0 unspecified atom stereocenters. The largest absolute Gasteiger partial charge is 0.321 e. The highest BCUT2D eigenvalue weighted by molar-refractivity contribution is 7.17. The lowest BCUT2D eigenvalue weighted by Gasteiger charge is -2.08. The predicted molar refractivity (Wildman–Crippen MR) is 109 cm³/mol. The smallest absolute Gasteiger partial charge is 0.267 e. The van der Waals surface area contributed by atoms with Crippen LogP contribution in [0, 0.1) is 19.7 Å². The standard InChI is InChI=1S/C19H14ClFN6OS/c1-10-17(29-19(22-10)12-3-5-13(20)6-4-12)18(28)23-14-7-8-15(21)16(9-14)27-11(2)24-25-26-27/h3-9H,1-2H3,(H,23,28). The van der Waals surface area contributed by atoms with Crippen LogP contribution in [0.25, 0.3) is 16.3 Å². The summed E-state index contributed by atoms with van der Waals surface area (Å²) in [7, 11) is 0. The summed E-state index contributed by atoms with van der Waals surface area (Å²) in [5.74, 6) is -0.401. The lowest BCUT2D eigenvalue weighted by Crippen LogP contribution is -2.12. The molecule has 2 aromatic heterocycles. The van der Waals surface area contributed by atoms with Crippen molar-refractivity contribution in [3.63, 3.8) is 0 Å². The Bertz CT molecular complexity index is 1200. The Morgan fingerprint density at radius 3 is 2.62 bits per heavy atom. The molecule has 4 aromatic rings. The number of anilines is 1. The van der Waals surface area contributed by atoms with Crippen LogP contribution in [0.2, 0.25) is 5.02 Å². The zero-order valence-electron chi connectivity index (χ0n) is 15.3. The van der Waals surface area contributed by atoms with E-state index >= 15 is 0 Å². The number of hydrogen-bond donors (Lipinski definition) is 1. The molecule has 0 aliphatic rings. The fourth-order valence-corrected chi connectivity index (χ4v) is 3.81. The van der Waals surface area contributed by atoms with Crippen molar-refractivity contribution in [2.45, 2.75) is 13.8 Å². The van der Waals surface area contributed by atoms with Crippen LogP contribution in [0.5, 0.6) is 0 Å². The van der Waals surface area contributed by atoms with Crippen LogP contribution >= 0.6 is 22.9 Å². The van der Waals surface area contributed by atoms with E-state index in [0.717, 1.165) is 5.56 Å². The summed E-state index contributed by atoms with van der Waals surface area (Å²) in [6.07, 6.45) is 0. The highest BCUT2D eigenvalue weighted by atomic mass is 35.5. The van der Waals surface area contributed by atoms with Crippen molar-refractivity contribution in [2.75, 3.05) is 5.32 Å². The number of aromatic nitrogens is 5. The molecule has 2 aromatic carbocycles. The minimum absolute atomic E-state index is 0.146. The molecule has 29 heavy (non-hydrogen) atoms. The third kappa shape index (κ3) is 3.87. The van der Waals surface area contributed by atoms with Gasteiger partial charge in [-0.15, -0.1) is 16.4 Å². The maximum Gasteiger partial charge on any atom is 0.267 e. The summed E-state index contributed by atoms with van der Waals surface area (Å²) in [6, 6.07) is 11.5. The van der Waals surface area contributed by atoms with Gasteiger partial charge in [0.25, 0.3) is 5.91 Å². The Morgan fingerprint density at radius 2 is 1.93 bits per heavy atom. The number of amides is 1. The third-order valence-electron chi connectivity index (χ3n) is 4.15. The summed E-state index contributed by atoms with van der Waals surface area (Å²) >= 11 is 7.20. The number of tetrazole rings is 1. The Morgan fingerprint density at radius 1 is 1.17 bits per heavy atom. The monoisotopic (exact) mass is 428 g/mol. The highest BCUT2D eigenvalue weighted by Crippen LogP contribution is 2.29. The van der Waals surface area contributed by atoms with Crippen LogP contribution in [0.4, 0.5) is 10.1 Å². The fraction of sp³-hybridized carbons (Fsp3) is 0.105. The second kappa shape index (κ2) is 7.69. The quantitative estimate of drug-likeness (QED) is 0.519. The van der Waals surface area contributed by atoms with Gasteiger partial charge in [0.15, 0.2) is 5.82 Å². The zero-order valence-corrected chi connectivity index (χ0v) is 16.9. The number of aryl methyl sites for hydroxylation is 2. The van der Waals surface area contributed by atoms with Gasteiger partial charge in [-0.05, 0) is 54.6 Å². The molecule has 0 aliphatic carbocycles. The van der Waals surface area contributed by atoms with Crippen molar-refractivity contribution in [1.82, 2.24) is 25.2 Å². The van der Waals surface area contributed by atoms with Gasteiger partial charge in [-0.3, -0.25) is 4.79 Å². The van der Waals surface area contributed by atoms with Crippen molar-refractivity contribution in [2.24, 2.45) is 0 Å². The van der Waals surface area contributed by atoms with E-state index in [1.54, 1.807) is 26.0 Å². The minimum Gasteiger partial charge on any atom is -0.321 e. The van der Waals surface area contributed by atoms with Gasteiger partial charge in [-0.2, -0.15) is 4.68 Å². The Kier molecular flexibility index (Phi) is 5.08. The lowest BCUT2D eigenvalue weighted by atomic mass is 10.2. The Balaban J connectivity index is 1.60. The molecule has 4 rings (SSSR count). The summed E-state index contributed by atoms with van der Waals surface area (Å²) in [5, 5.41) is 15.2. The Labute approximate surface area is 174 Å². The third-order valence-corrected chi connectivity index (χ3v) is 5.61. The van der Waals surface area contributed by atoms with Crippen molar-refractivity contribution in [3.05, 3.63) is 69.7 Å². The molecule has 2 heterocycles. The van der Waals surface area contributed by atoms with Gasteiger partial charge in [-0.1, -0.05) is 23.7 Å². The number of carbonyl (C=O) groups is 1. The summed E-state index contributed by atoms with van der Waals surface area (Å²) in [5.41, 5.74) is 2.05. The van der Waals surface area contributed by atoms with E-state index in [9.17, 15) is 9.18 Å². The molecule has 0 saturated carbocycles. The van der Waals surface area contributed by atoms with Gasteiger partial charge in [0.2, 0.25) is 0 Å². The van der Waals surface area contributed by atoms with Gasteiger partial charge in [0.05, 0.1) is 5.69 Å². The van der Waals surface area contributed by atoms with Gasteiger partial charge in [0.1, 0.15) is 21.4 Å². The highest BCUT2D eigenvalue weighted by Gasteiger charge is 2.18. The topological polar surface area (TPSA) is 85.6 Å². The van der Waals surface area contributed by atoms with Gasteiger partial charge in [-0.25, -0.2) is 9.37 Å². The second-order valence-electron chi connectivity index (χ2n) is 6.20. The molecule has 10 heteroatoms. The molecule has 0 fully saturated rings. The van der Waals surface area contributed by atoms with Crippen LogP contribution in [-0.4, -0.2) is 31.1 Å². The van der Waals surface area contributed by atoms with Crippen molar-refractivity contribution in [3.8, 4) is 16.3 Å². The molecule has 146 valence electrons. The van der Waals surface area contributed by atoms with Crippen molar-refractivity contribution < 1.29 is 9.18 Å². The van der Waals surface area contributed by atoms with Crippen molar-refractivity contribution in [1.29, 1.82) is 0 Å². The van der Waals surface area contributed by atoms with Crippen LogP contribution in [0.1, 0.15) is 21.2 Å². The van der Waals surface area contributed by atoms with E-state index in [1.807, 2.05) is 12.1 Å². The molecule has 1 N–H and O–H groups in total. The fourth-order valence-electron chi connectivity index (χ4n) is 2.72. The van der Waals surface area contributed by atoms with Gasteiger partial charge in [0, 0.05) is 16.3 Å². The first-order valence-electron chi connectivity index (χ1n) is 8.52. The number of rotatable bonds is 4. The normalized spacial score (nSPS) is 10.9. The first-order chi connectivity index (χ1) is 13.9. The summed E-state index contributed by atoms with van der Waals surface area (Å²) in [6.45, 7) is 3.43. The molecule has 0 aliphatic heterocycles. The number of carbonyl (C=O) groups excluding carboxylic acids is 1. The summed E-state index contributed by atoms with van der Waals surface area (Å²) < 4.78 is 15.5. The SMILES string of the molecule is Cc1nc(-c2ccc(Cl)cc2)sc1C(=O)Nc1ccc(F)c(-n2nnnc2C)c1. The molecular formula is C19H14ClFN6OS. The lowest BCUT2D eigenvalue weighted by molar-refractivity contribution is 0.103. The van der Waals surface area contributed by atoms with E-state index in [2.05, 4.69) is 25.8 Å². The number of benzene rings is 2. The van der Waals surface area contributed by atoms with E-state index in [-0.39, 0.29) is 11.6 Å². The van der Waals surface area contributed by atoms with E-state index in [4.69, 9.17) is 11.6 Å². The van der Waals surface area contributed by atoms with Crippen molar-refractivity contribution >= 4 is 34.5 Å². The maximum absolute atomic E-state index is 14.2. The molecular weight excluding hydrogens is 415 g/mol. The van der Waals surface area contributed by atoms with E-state index in [1.165, 1.54) is 34.2 Å². The number of hydrogen-bond acceptors (Lipinski definition) is 6. The average Bonchev–Trinajstić information content (AvgIpc) is 3.29. The summed E-state index contributed by atoms with van der Waals surface area (Å²) in [4.78, 5) is 17.7. The van der Waals surface area contributed by atoms with Crippen LogP contribution in [-0.2, 0) is 0 Å². The first kappa shape index (κ1) is 19.2. The maximum atomic E-state index is 14.2. The number of halogens is 2. The van der Waals surface area contributed by atoms with E-state index in [0.29, 0.717) is 32.1 Å². The molecule has 0 saturated heterocycles. The molecule has 0 spiro atoms.